The molecule has 96 valence electrons. The van der Waals surface area contributed by atoms with Crippen LogP contribution in [0.5, 0.6) is 11.5 Å². The summed E-state index contributed by atoms with van der Waals surface area (Å²) < 4.78 is 15.6. The van der Waals surface area contributed by atoms with Crippen LogP contribution in [0.15, 0.2) is 18.2 Å². The first-order chi connectivity index (χ1) is 8.17. The molecule has 1 rings (SSSR count). The van der Waals surface area contributed by atoms with E-state index in [2.05, 4.69) is 0 Å². The Labute approximate surface area is 102 Å². The summed E-state index contributed by atoms with van der Waals surface area (Å²) in [6.45, 7) is 1.96. The molecule has 0 bridgehead atoms. The quantitative estimate of drug-likeness (QED) is 0.827. The molecule has 0 aliphatic carbocycles. The van der Waals surface area contributed by atoms with Gasteiger partial charge in [0.1, 0.15) is 17.6 Å². The maximum Gasteiger partial charge on any atom is 0.125 e. The molecule has 2 atom stereocenters. The number of methoxy groups -OCH3 is 3. The first kappa shape index (κ1) is 13.8. The monoisotopic (exact) mass is 240 g/mol. The molecule has 0 radical (unpaired) electrons. The van der Waals surface area contributed by atoms with Crippen molar-refractivity contribution in [2.45, 2.75) is 25.6 Å². The van der Waals surface area contributed by atoms with E-state index in [1.54, 1.807) is 39.5 Å². The summed E-state index contributed by atoms with van der Waals surface area (Å²) in [6, 6.07) is 5.34. The molecule has 1 aromatic carbocycles. The van der Waals surface area contributed by atoms with Gasteiger partial charge in [0.15, 0.2) is 0 Å². The largest absolute Gasteiger partial charge is 0.497 e. The van der Waals surface area contributed by atoms with Gasteiger partial charge in [-0.05, 0) is 24.6 Å². The zero-order chi connectivity index (χ0) is 12.8. The van der Waals surface area contributed by atoms with Crippen molar-refractivity contribution in [2.24, 2.45) is 0 Å². The van der Waals surface area contributed by atoms with Gasteiger partial charge in [-0.25, -0.2) is 0 Å². The first-order valence-electron chi connectivity index (χ1n) is 5.60. The minimum Gasteiger partial charge on any atom is -0.497 e. The maximum absolute atomic E-state index is 10.3. The predicted molar refractivity (Wildman–Crippen MR) is 65.6 cm³/mol. The third-order valence-corrected chi connectivity index (χ3v) is 2.81. The van der Waals surface area contributed by atoms with Crippen LogP contribution in [-0.2, 0) is 4.74 Å². The Morgan fingerprint density at radius 3 is 2.35 bits per heavy atom. The maximum atomic E-state index is 10.3. The highest BCUT2D eigenvalue weighted by Crippen LogP contribution is 2.32. The number of rotatable bonds is 6. The lowest BCUT2D eigenvalue weighted by Crippen LogP contribution is -2.20. The van der Waals surface area contributed by atoms with Gasteiger partial charge in [0, 0.05) is 12.7 Å². The molecule has 0 heterocycles. The van der Waals surface area contributed by atoms with Gasteiger partial charge >= 0.3 is 0 Å². The Hall–Kier alpha value is -1.26. The number of aliphatic hydroxyl groups is 1. The van der Waals surface area contributed by atoms with Crippen molar-refractivity contribution in [1.82, 2.24) is 0 Å². The number of benzene rings is 1. The van der Waals surface area contributed by atoms with E-state index in [4.69, 9.17) is 14.2 Å². The predicted octanol–water partition coefficient (Wildman–Crippen LogP) is 2.16. The summed E-state index contributed by atoms with van der Waals surface area (Å²) in [7, 11) is 4.75. The molecule has 0 aliphatic rings. The Morgan fingerprint density at radius 1 is 1.18 bits per heavy atom. The van der Waals surface area contributed by atoms with E-state index in [9.17, 15) is 5.11 Å². The smallest absolute Gasteiger partial charge is 0.125 e. The molecule has 0 aliphatic heterocycles. The van der Waals surface area contributed by atoms with Crippen LogP contribution in [0.25, 0.3) is 0 Å². The molecule has 4 heteroatoms. The fourth-order valence-electron chi connectivity index (χ4n) is 1.79. The van der Waals surface area contributed by atoms with E-state index in [1.165, 1.54) is 0 Å². The summed E-state index contributed by atoms with van der Waals surface area (Å²) in [4.78, 5) is 0. The van der Waals surface area contributed by atoms with E-state index >= 15 is 0 Å². The van der Waals surface area contributed by atoms with Crippen LogP contribution in [0.4, 0.5) is 0 Å². The Bertz CT molecular complexity index is 347. The Balaban J connectivity index is 3.08. The molecule has 17 heavy (non-hydrogen) atoms. The average Bonchev–Trinajstić information content (AvgIpc) is 2.39. The van der Waals surface area contributed by atoms with Crippen molar-refractivity contribution >= 4 is 0 Å². The van der Waals surface area contributed by atoms with E-state index in [0.29, 0.717) is 17.1 Å². The lowest BCUT2D eigenvalue weighted by atomic mass is 10.0. The number of ether oxygens (including phenoxy) is 3. The minimum atomic E-state index is -0.727. The van der Waals surface area contributed by atoms with Crippen LogP contribution in [0.1, 0.15) is 25.0 Å². The van der Waals surface area contributed by atoms with E-state index in [-0.39, 0.29) is 6.10 Å². The highest BCUT2D eigenvalue weighted by Gasteiger charge is 2.22. The molecular weight excluding hydrogens is 220 g/mol. The van der Waals surface area contributed by atoms with Crippen molar-refractivity contribution in [2.75, 3.05) is 21.3 Å². The van der Waals surface area contributed by atoms with Gasteiger partial charge in [-0.2, -0.15) is 0 Å². The molecule has 0 saturated heterocycles. The van der Waals surface area contributed by atoms with Crippen LogP contribution in [0.3, 0.4) is 0 Å². The standard InChI is InChI=1S/C13H20O4/c1-5-11(16-3)13(14)10-8-9(15-2)6-7-12(10)17-4/h6-8,11,13-14H,5H2,1-4H3. The molecular formula is C13H20O4. The fourth-order valence-corrected chi connectivity index (χ4v) is 1.79. The van der Waals surface area contributed by atoms with Crippen LogP contribution < -0.4 is 9.47 Å². The lowest BCUT2D eigenvalue weighted by Gasteiger charge is -2.22. The van der Waals surface area contributed by atoms with Crippen LogP contribution in [0.2, 0.25) is 0 Å². The second-order valence-corrected chi connectivity index (χ2v) is 3.74. The van der Waals surface area contributed by atoms with Gasteiger partial charge < -0.3 is 19.3 Å². The van der Waals surface area contributed by atoms with Gasteiger partial charge in [0.2, 0.25) is 0 Å². The SMILES string of the molecule is CCC(OC)C(O)c1cc(OC)ccc1OC. The summed E-state index contributed by atoms with van der Waals surface area (Å²) >= 11 is 0. The van der Waals surface area contributed by atoms with Crippen molar-refractivity contribution in [3.8, 4) is 11.5 Å². The second-order valence-electron chi connectivity index (χ2n) is 3.74. The molecule has 1 aromatic rings. The first-order valence-corrected chi connectivity index (χ1v) is 5.60. The molecule has 0 saturated carbocycles. The van der Waals surface area contributed by atoms with Crippen LogP contribution >= 0.6 is 0 Å². The van der Waals surface area contributed by atoms with E-state index < -0.39 is 6.10 Å². The van der Waals surface area contributed by atoms with E-state index in [1.807, 2.05) is 6.92 Å². The van der Waals surface area contributed by atoms with Gasteiger partial charge in [-0.1, -0.05) is 6.92 Å². The van der Waals surface area contributed by atoms with Crippen LogP contribution in [-0.4, -0.2) is 32.5 Å². The van der Waals surface area contributed by atoms with Gasteiger partial charge in [0.25, 0.3) is 0 Å². The summed E-state index contributed by atoms with van der Waals surface area (Å²) in [5.74, 6) is 1.32. The minimum absolute atomic E-state index is 0.254. The highest BCUT2D eigenvalue weighted by atomic mass is 16.5. The number of aliphatic hydroxyl groups excluding tert-OH is 1. The van der Waals surface area contributed by atoms with Crippen molar-refractivity contribution < 1.29 is 19.3 Å². The highest BCUT2D eigenvalue weighted by molar-refractivity contribution is 5.42. The van der Waals surface area contributed by atoms with Gasteiger partial charge in [0.05, 0.1) is 20.3 Å². The molecule has 0 spiro atoms. The summed E-state index contributed by atoms with van der Waals surface area (Å²) in [6.07, 6.45) is -0.260. The van der Waals surface area contributed by atoms with Crippen LogP contribution in [0, 0.1) is 0 Å². The molecule has 2 unspecified atom stereocenters. The summed E-state index contributed by atoms with van der Waals surface area (Å²) in [5.41, 5.74) is 0.681. The Kier molecular flexibility index (Phi) is 5.25. The number of hydrogen-bond donors (Lipinski definition) is 1. The van der Waals surface area contributed by atoms with E-state index in [0.717, 1.165) is 6.42 Å². The second kappa shape index (κ2) is 6.47. The molecule has 0 amide bonds. The zero-order valence-corrected chi connectivity index (χ0v) is 10.8. The van der Waals surface area contributed by atoms with Crippen molar-refractivity contribution in [3.05, 3.63) is 23.8 Å². The molecule has 0 fully saturated rings. The van der Waals surface area contributed by atoms with Gasteiger partial charge in [-0.15, -0.1) is 0 Å². The molecule has 0 aromatic heterocycles. The van der Waals surface area contributed by atoms with Crippen molar-refractivity contribution in [1.29, 1.82) is 0 Å². The number of hydrogen-bond acceptors (Lipinski definition) is 4. The van der Waals surface area contributed by atoms with Crippen molar-refractivity contribution in [3.63, 3.8) is 0 Å². The van der Waals surface area contributed by atoms with Gasteiger partial charge in [-0.3, -0.25) is 0 Å². The third kappa shape index (κ3) is 3.11. The topological polar surface area (TPSA) is 47.9 Å². The lowest BCUT2D eigenvalue weighted by molar-refractivity contribution is -0.0159. The zero-order valence-electron chi connectivity index (χ0n) is 10.8. The molecule has 4 nitrogen and oxygen atoms in total. The average molecular weight is 240 g/mol. The fraction of sp³-hybridized carbons (Fsp3) is 0.538. The summed E-state index contributed by atoms with van der Waals surface area (Å²) in [5, 5.41) is 10.3. The normalized spacial score (nSPS) is 14.2. The Morgan fingerprint density at radius 2 is 1.88 bits per heavy atom. The molecule has 1 N–H and O–H groups in total. The third-order valence-electron chi connectivity index (χ3n) is 2.81.